The molecule has 0 aliphatic carbocycles. The third-order valence-corrected chi connectivity index (χ3v) is 5.32. The van der Waals surface area contributed by atoms with Gasteiger partial charge >= 0.3 is 6.03 Å². The predicted molar refractivity (Wildman–Crippen MR) is 122 cm³/mol. The van der Waals surface area contributed by atoms with Crippen LogP contribution in [0.4, 0.5) is 16.2 Å². The fourth-order valence-electron chi connectivity index (χ4n) is 3.38. The lowest BCUT2D eigenvalue weighted by molar-refractivity contribution is -0.138. The van der Waals surface area contributed by atoms with E-state index in [9.17, 15) is 9.59 Å². The zero-order chi connectivity index (χ0) is 22.1. The van der Waals surface area contributed by atoms with Gasteiger partial charge in [-0.05, 0) is 63.8 Å². The Labute approximate surface area is 177 Å². The van der Waals surface area contributed by atoms with Gasteiger partial charge in [-0.15, -0.1) is 0 Å². The standard InChI is InChI=1S/C23H40N4O2/c1-9-17(6)27(22(28)18(10-2)11-3)15-19-14-20(12-13-21(19)26(7)8)25-23(29)24-16(4)5/h12-14,16-18H,9-11,15H2,1-8H3,(H2,24,25,29)/t17-/m0/s1. The zero-order valence-electron chi connectivity index (χ0n) is 19.5. The van der Waals surface area contributed by atoms with Crippen molar-refractivity contribution in [3.63, 3.8) is 0 Å². The summed E-state index contributed by atoms with van der Waals surface area (Å²) in [7, 11) is 3.99. The lowest BCUT2D eigenvalue weighted by Gasteiger charge is -2.33. The van der Waals surface area contributed by atoms with Crippen LogP contribution < -0.4 is 15.5 Å². The van der Waals surface area contributed by atoms with E-state index < -0.39 is 0 Å². The average molecular weight is 405 g/mol. The van der Waals surface area contributed by atoms with Crippen LogP contribution >= 0.6 is 0 Å². The minimum atomic E-state index is -0.226. The highest BCUT2D eigenvalue weighted by molar-refractivity contribution is 5.90. The summed E-state index contributed by atoms with van der Waals surface area (Å²) in [5.41, 5.74) is 2.80. The van der Waals surface area contributed by atoms with Crippen molar-refractivity contribution in [2.24, 2.45) is 5.92 Å². The molecular formula is C23H40N4O2. The van der Waals surface area contributed by atoms with Crippen LogP contribution in [0.1, 0.15) is 66.4 Å². The number of hydrogen-bond donors (Lipinski definition) is 2. The van der Waals surface area contributed by atoms with Crippen molar-refractivity contribution in [3.8, 4) is 0 Å². The summed E-state index contributed by atoms with van der Waals surface area (Å²) in [4.78, 5) is 29.4. The first-order chi connectivity index (χ1) is 13.6. The molecule has 0 aromatic heterocycles. The van der Waals surface area contributed by atoms with Gasteiger partial charge < -0.3 is 20.4 Å². The van der Waals surface area contributed by atoms with Gasteiger partial charge in [-0.25, -0.2) is 4.79 Å². The minimum absolute atomic E-state index is 0.0462. The Balaban J connectivity index is 3.23. The normalized spacial score (nSPS) is 12.1. The minimum Gasteiger partial charge on any atom is -0.377 e. The van der Waals surface area contributed by atoms with Gasteiger partial charge in [-0.1, -0.05) is 20.8 Å². The number of hydrogen-bond acceptors (Lipinski definition) is 3. The Kier molecular flexibility index (Phi) is 9.99. The number of rotatable bonds is 10. The lowest BCUT2D eigenvalue weighted by atomic mass is 9.99. The molecule has 1 atom stereocenters. The molecular weight excluding hydrogens is 364 g/mol. The molecule has 0 heterocycles. The first-order valence-corrected chi connectivity index (χ1v) is 10.8. The van der Waals surface area contributed by atoms with Crippen molar-refractivity contribution < 1.29 is 9.59 Å². The number of nitrogens with one attached hydrogen (secondary N) is 2. The van der Waals surface area contributed by atoms with Crippen LogP contribution in [0, 0.1) is 5.92 Å². The summed E-state index contributed by atoms with van der Waals surface area (Å²) in [6.07, 6.45) is 2.59. The molecule has 0 unspecified atom stereocenters. The molecule has 3 amide bonds. The molecule has 6 heteroatoms. The molecule has 0 saturated carbocycles. The topological polar surface area (TPSA) is 64.7 Å². The number of anilines is 2. The first kappa shape index (κ1) is 24.8. The molecule has 29 heavy (non-hydrogen) atoms. The molecule has 2 N–H and O–H groups in total. The quantitative estimate of drug-likeness (QED) is 0.586. The van der Waals surface area contributed by atoms with Gasteiger partial charge in [0.15, 0.2) is 0 Å². The summed E-state index contributed by atoms with van der Waals surface area (Å²) in [6.45, 7) is 12.7. The number of amides is 3. The highest BCUT2D eigenvalue weighted by Gasteiger charge is 2.26. The molecule has 0 bridgehead atoms. The summed E-state index contributed by atoms with van der Waals surface area (Å²) in [6, 6.07) is 5.86. The monoisotopic (exact) mass is 404 g/mol. The van der Waals surface area contributed by atoms with Gasteiger partial charge in [0.2, 0.25) is 5.91 Å². The van der Waals surface area contributed by atoms with E-state index in [-0.39, 0.29) is 29.9 Å². The summed E-state index contributed by atoms with van der Waals surface area (Å²) in [5.74, 6) is 0.259. The highest BCUT2D eigenvalue weighted by Crippen LogP contribution is 2.27. The Morgan fingerprint density at radius 3 is 2.10 bits per heavy atom. The number of carbonyl (C=O) groups excluding carboxylic acids is 2. The zero-order valence-corrected chi connectivity index (χ0v) is 19.5. The molecule has 164 valence electrons. The van der Waals surface area contributed by atoms with Crippen molar-refractivity contribution >= 4 is 23.3 Å². The van der Waals surface area contributed by atoms with E-state index in [0.29, 0.717) is 6.54 Å². The number of carbonyl (C=O) groups is 2. The second-order valence-electron chi connectivity index (χ2n) is 8.23. The van der Waals surface area contributed by atoms with Crippen molar-refractivity contribution in [1.29, 1.82) is 0 Å². The van der Waals surface area contributed by atoms with Crippen LogP contribution in [0.2, 0.25) is 0 Å². The maximum Gasteiger partial charge on any atom is 0.319 e. The van der Waals surface area contributed by atoms with Crippen LogP contribution in [0.5, 0.6) is 0 Å². The maximum absolute atomic E-state index is 13.2. The number of urea groups is 1. The molecule has 0 saturated heterocycles. The van der Waals surface area contributed by atoms with Gasteiger partial charge in [0, 0.05) is 50.0 Å². The van der Waals surface area contributed by atoms with Crippen molar-refractivity contribution in [2.45, 2.75) is 79.4 Å². The van der Waals surface area contributed by atoms with E-state index >= 15 is 0 Å². The van der Waals surface area contributed by atoms with Crippen LogP contribution in [0.3, 0.4) is 0 Å². The van der Waals surface area contributed by atoms with Crippen LogP contribution in [-0.2, 0) is 11.3 Å². The van der Waals surface area contributed by atoms with Gasteiger partial charge in [-0.3, -0.25) is 4.79 Å². The van der Waals surface area contributed by atoms with E-state index in [0.717, 1.165) is 36.2 Å². The second kappa shape index (κ2) is 11.7. The molecule has 6 nitrogen and oxygen atoms in total. The summed E-state index contributed by atoms with van der Waals surface area (Å²) >= 11 is 0. The Morgan fingerprint density at radius 1 is 1.00 bits per heavy atom. The van der Waals surface area contributed by atoms with Crippen molar-refractivity contribution in [3.05, 3.63) is 23.8 Å². The Morgan fingerprint density at radius 2 is 1.62 bits per heavy atom. The fraction of sp³-hybridized carbons (Fsp3) is 0.652. The van der Waals surface area contributed by atoms with Gasteiger partial charge in [-0.2, -0.15) is 0 Å². The summed E-state index contributed by atoms with van der Waals surface area (Å²) in [5, 5.41) is 5.74. The lowest BCUT2D eigenvalue weighted by Crippen LogP contribution is -2.41. The largest absolute Gasteiger partial charge is 0.377 e. The van der Waals surface area contributed by atoms with Crippen LogP contribution in [0.15, 0.2) is 18.2 Å². The molecule has 1 aromatic rings. The molecule has 0 spiro atoms. The van der Waals surface area contributed by atoms with Crippen molar-refractivity contribution in [1.82, 2.24) is 10.2 Å². The van der Waals surface area contributed by atoms with Crippen LogP contribution in [-0.4, -0.2) is 43.0 Å². The van der Waals surface area contributed by atoms with E-state index in [1.54, 1.807) is 0 Å². The van der Waals surface area contributed by atoms with E-state index in [2.05, 4.69) is 38.3 Å². The predicted octanol–water partition coefficient (Wildman–Crippen LogP) is 4.85. The third kappa shape index (κ3) is 7.26. The molecule has 0 fully saturated rings. The number of nitrogens with zero attached hydrogens (tertiary/aromatic N) is 2. The maximum atomic E-state index is 13.2. The molecule has 0 radical (unpaired) electrons. The van der Waals surface area contributed by atoms with E-state index in [4.69, 9.17) is 0 Å². The number of benzene rings is 1. The highest BCUT2D eigenvalue weighted by atomic mass is 16.2. The molecule has 0 aliphatic heterocycles. The third-order valence-electron chi connectivity index (χ3n) is 5.32. The fourth-order valence-corrected chi connectivity index (χ4v) is 3.38. The Hall–Kier alpha value is -2.24. The Bertz CT molecular complexity index is 669. The average Bonchev–Trinajstić information content (AvgIpc) is 2.65. The molecule has 1 aromatic carbocycles. The van der Waals surface area contributed by atoms with Crippen molar-refractivity contribution in [2.75, 3.05) is 24.3 Å². The molecule has 0 aliphatic rings. The van der Waals surface area contributed by atoms with Gasteiger partial charge in [0.1, 0.15) is 0 Å². The molecule has 1 rings (SSSR count). The van der Waals surface area contributed by atoms with E-state index in [1.165, 1.54) is 0 Å². The summed E-state index contributed by atoms with van der Waals surface area (Å²) < 4.78 is 0. The van der Waals surface area contributed by atoms with Crippen LogP contribution in [0.25, 0.3) is 0 Å². The SMILES string of the molecule is CCC(CC)C(=O)N(Cc1cc(NC(=O)NC(C)C)ccc1N(C)C)[C@@H](C)CC. The first-order valence-electron chi connectivity index (χ1n) is 10.8. The van der Waals surface area contributed by atoms with E-state index in [1.807, 2.05) is 55.9 Å². The smallest absolute Gasteiger partial charge is 0.319 e. The second-order valence-corrected chi connectivity index (χ2v) is 8.23. The van der Waals surface area contributed by atoms with Gasteiger partial charge in [0.25, 0.3) is 0 Å². The van der Waals surface area contributed by atoms with Gasteiger partial charge in [0.05, 0.1) is 0 Å².